The Morgan fingerprint density at radius 2 is 2.03 bits per heavy atom. The van der Waals surface area contributed by atoms with Gasteiger partial charge in [-0.05, 0) is 30.3 Å². The fraction of sp³-hybridized carbons (Fsp3) is 0.0500. The van der Waals surface area contributed by atoms with Crippen molar-refractivity contribution < 1.29 is 18.5 Å². The fourth-order valence-electron chi connectivity index (χ4n) is 2.65. The Balaban J connectivity index is 1.48. The molecule has 1 aromatic carbocycles. The zero-order valence-corrected chi connectivity index (χ0v) is 16.4. The van der Waals surface area contributed by atoms with E-state index in [2.05, 4.69) is 25.8 Å². The van der Waals surface area contributed by atoms with E-state index in [0.29, 0.717) is 22.7 Å². The number of aromatic nitrogens is 3. The molecule has 0 spiro atoms. The molecule has 0 aliphatic heterocycles. The second-order valence-corrected chi connectivity index (χ2v) is 7.04. The van der Waals surface area contributed by atoms with Crippen molar-refractivity contribution in [1.29, 1.82) is 0 Å². The maximum absolute atomic E-state index is 14.4. The van der Waals surface area contributed by atoms with Crippen LogP contribution in [0.4, 0.5) is 15.2 Å². The third kappa shape index (κ3) is 4.23. The number of carbonyl (C=O) groups excluding carboxylic acids is 2. The van der Waals surface area contributed by atoms with Crippen LogP contribution in [0.25, 0.3) is 22.6 Å². The maximum atomic E-state index is 14.4. The van der Waals surface area contributed by atoms with Gasteiger partial charge >= 0.3 is 0 Å². The van der Waals surface area contributed by atoms with E-state index in [0.717, 1.165) is 11.3 Å². The highest BCUT2D eigenvalue weighted by molar-refractivity contribution is 7.14. The fourth-order valence-corrected chi connectivity index (χ4v) is 3.35. The average Bonchev–Trinajstić information content (AvgIpc) is 3.38. The van der Waals surface area contributed by atoms with Gasteiger partial charge in [-0.3, -0.25) is 19.9 Å². The first-order valence-corrected chi connectivity index (χ1v) is 9.59. The van der Waals surface area contributed by atoms with Crippen molar-refractivity contribution in [3.8, 4) is 22.6 Å². The van der Waals surface area contributed by atoms with E-state index in [-0.39, 0.29) is 22.3 Å². The molecule has 10 heteroatoms. The normalized spacial score (nSPS) is 10.6. The molecule has 0 bridgehead atoms. The van der Waals surface area contributed by atoms with E-state index in [1.165, 1.54) is 25.1 Å². The number of nitrogens with one attached hydrogen (secondary N) is 2. The van der Waals surface area contributed by atoms with Crippen molar-refractivity contribution in [1.82, 2.24) is 15.1 Å². The minimum Gasteiger partial charge on any atom is -0.355 e. The van der Waals surface area contributed by atoms with Crippen LogP contribution in [-0.4, -0.2) is 26.9 Å². The number of amides is 2. The molecule has 0 aliphatic carbocycles. The van der Waals surface area contributed by atoms with Crippen molar-refractivity contribution in [2.24, 2.45) is 0 Å². The smallest absolute Gasteiger partial charge is 0.279 e. The summed E-state index contributed by atoms with van der Waals surface area (Å²) in [5.74, 6) is -0.923. The average molecular weight is 423 g/mol. The van der Waals surface area contributed by atoms with Crippen molar-refractivity contribution in [3.05, 3.63) is 65.7 Å². The van der Waals surface area contributed by atoms with Gasteiger partial charge in [0.1, 0.15) is 5.82 Å². The Morgan fingerprint density at radius 1 is 1.17 bits per heavy atom. The van der Waals surface area contributed by atoms with Crippen LogP contribution < -0.4 is 10.6 Å². The number of rotatable bonds is 5. The summed E-state index contributed by atoms with van der Waals surface area (Å²) in [6, 6.07) is 9.33. The van der Waals surface area contributed by atoms with Gasteiger partial charge in [-0.25, -0.2) is 9.37 Å². The number of thiazole rings is 1. The Morgan fingerprint density at radius 3 is 2.77 bits per heavy atom. The molecule has 0 fully saturated rings. The lowest BCUT2D eigenvalue weighted by Gasteiger charge is -2.04. The van der Waals surface area contributed by atoms with E-state index in [4.69, 9.17) is 4.52 Å². The van der Waals surface area contributed by atoms with Gasteiger partial charge in [0.2, 0.25) is 5.91 Å². The van der Waals surface area contributed by atoms with Crippen molar-refractivity contribution in [2.45, 2.75) is 6.92 Å². The molecule has 150 valence electrons. The monoisotopic (exact) mass is 423 g/mol. The van der Waals surface area contributed by atoms with Crippen molar-refractivity contribution in [2.75, 3.05) is 10.6 Å². The van der Waals surface area contributed by atoms with E-state index >= 15 is 0 Å². The molecule has 0 radical (unpaired) electrons. The summed E-state index contributed by atoms with van der Waals surface area (Å²) < 4.78 is 19.6. The van der Waals surface area contributed by atoms with E-state index in [1.54, 1.807) is 36.0 Å². The highest BCUT2D eigenvalue weighted by Crippen LogP contribution is 2.29. The van der Waals surface area contributed by atoms with Crippen LogP contribution in [0.3, 0.4) is 0 Å². The third-order valence-electron chi connectivity index (χ3n) is 3.98. The first-order valence-electron chi connectivity index (χ1n) is 8.71. The molecule has 0 saturated heterocycles. The standard InChI is InChI=1S/C20H14FN5O3S/c1-11(27)23-13-4-5-14(15(21)7-13)17-10-30-20(24-17)25-19(28)16-8-18(29-26-16)12-3-2-6-22-9-12/h2-10H,1H3,(H,23,27)(H,24,25,28). The van der Waals surface area contributed by atoms with Gasteiger partial charge in [0.05, 0.1) is 5.69 Å². The molecule has 3 heterocycles. The Hall–Kier alpha value is -3.92. The molecule has 8 nitrogen and oxygen atoms in total. The predicted molar refractivity (Wildman–Crippen MR) is 109 cm³/mol. The van der Waals surface area contributed by atoms with Crippen LogP contribution in [0.1, 0.15) is 17.4 Å². The molecule has 4 aromatic rings. The summed E-state index contributed by atoms with van der Waals surface area (Å²) in [6.07, 6.45) is 3.23. The summed E-state index contributed by atoms with van der Waals surface area (Å²) in [7, 11) is 0. The molecule has 2 amide bonds. The number of pyridine rings is 1. The van der Waals surface area contributed by atoms with Gasteiger partial charge in [-0.1, -0.05) is 5.16 Å². The minimum atomic E-state index is -0.540. The van der Waals surface area contributed by atoms with Gasteiger partial charge < -0.3 is 9.84 Å². The second-order valence-electron chi connectivity index (χ2n) is 6.19. The number of nitrogens with zero attached hydrogens (tertiary/aromatic N) is 3. The van der Waals surface area contributed by atoms with E-state index in [9.17, 15) is 14.0 Å². The summed E-state index contributed by atoms with van der Waals surface area (Å²) in [5.41, 5.74) is 1.73. The molecule has 4 rings (SSSR count). The highest BCUT2D eigenvalue weighted by Gasteiger charge is 2.17. The SMILES string of the molecule is CC(=O)Nc1ccc(-c2csc(NC(=O)c3cc(-c4cccnc4)on3)n2)c(F)c1. The summed E-state index contributed by atoms with van der Waals surface area (Å²) in [6.45, 7) is 1.34. The molecule has 30 heavy (non-hydrogen) atoms. The Labute approximate surface area is 173 Å². The zero-order valence-electron chi connectivity index (χ0n) is 15.5. The van der Waals surface area contributed by atoms with E-state index in [1.807, 2.05) is 0 Å². The van der Waals surface area contributed by atoms with Crippen LogP contribution in [0.5, 0.6) is 0 Å². The minimum absolute atomic E-state index is 0.0800. The van der Waals surface area contributed by atoms with Crippen molar-refractivity contribution >= 4 is 34.0 Å². The molecule has 3 aromatic heterocycles. The maximum Gasteiger partial charge on any atom is 0.279 e. The zero-order chi connectivity index (χ0) is 21.1. The quantitative estimate of drug-likeness (QED) is 0.498. The second kappa shape index (κ2) is 8.21. The molecule has 0 unspecified atom stereocenters. The van der Waals surface area contributed by atoms with Crippen LogP contribution in [0.2, 0.25) is 0 Å². The van der Waals surface area contributed by atoms with Crippen molar-refractivity contribution in [3.63, 3.8) is 0 Å². The van der Waals surface area contributed by atoms with Gasteiger partial charge in [0, 0.05) is 47.6 Å². The van der Waals surface area contributed by atoms with Crippen LogP contribution in [0.15, 0.2) is 58.7 Å². The van der Waals surface area contributed by atoms with Crippen LogP contribution in [0, 0.1) is 5.82 Å². The molecule has 0 atom stereocenters. The molecule has 2 N–H and O–H groups in total. The number of carbonyl (C=O) groups is 2. The molecular weight excluding hydrogens is 409 g/mol. The predicted octanol–water partition coefficient (Wildman–Crippen LogP) is 4.21. The number of anilines is 2. The Kier molecular flexibility index (Phi) is 5.31. The van der Waals surface area contributed by atoms with Crippen LogP contribution >= 0.6 is 11.3 Å². The summed E-state index contributed by atoms with van der Waals surface area (Å²) >= 11 is 1.15. The highest BCUT2D eigenvalue weighted by atomic mass is 32.1. The lowest BCUT2D eigenvalue weighted by Crippen LogP contribution is -2.11. The number of hydrogen-bond donors (Lipinski definition) is 2. The molecular formula is C20H14FN5O3S. The van der Waals surface area contributed by atoms with Gasteiger partial charge in [-0.2, -0.15) is 0 Å². The first kappa shape index (κ1) is 19.4. The largest absolute Gasteiger partial charge is 0.355 e. The number of halogens is 1. The third-order valence-corrected chi connectivity index (χ3v) is 4.74. The topological polar surface area (TPSA) is 110 Å². The van der Waals surface area contributed by atoms with Crippen LogP contribution in [-0.2, 0) is 4.79 Å². The van der Waals surface area contributed by atoms with Gasteiger partial charge in [-0.15, -0.1) is 11.3 Å². The molecule has 0 saturated carbocycles. The number of hydrogen-bond acceptors (Lipinski definition) is 7. The summed E-state index contributed by atoms with van der Waals surface area (Å²) in [4.78, 5) is 31.8. The summed E-state index contributed by atoms with van der Waals surface area (Å²) in [5, 5.41) is 10.8. The lowest BCUT2D eigenvalue weighted by atomic mass is 10.1. The van der Waals surface area contributed by atoms with Gasteiger partial charge in [0.25, 0.3) is 5.91 Å². The first-order chi connectivity index (χ1) is 14.5. The van der Waals surface area contributed by atoms with E-state index < -0.39 is 11.7 Å². The lowest BCUT2D eigenvalue weighted by molar-refractivity contribution is -0.114. The van der Waals surface area contributed by atoms with Gasteiger partial charge in [0.15, 0.2) is 16.6 Å². The molecule has 0 aliphatic rings. The Bertz CT molecular complexity index is 1220. The number of benzene rings is 1.